The van der Waals surface area contributed by atoms with Gasteiger partial charge in [-0.1, -0.05) is 11.6 Å². The highest BCUT2D eigenvalue weighted by molar-refractivity contribution is 7.89. The first-order valence-corrected chi connectivity index (χ1v) is 6.70. The van der Waals surface area contributed by atoms with Crippen LogP contribution in [0.5, 0.6) is 0 Å². The Bertz CT molecular complexity index is 630. The summed E-state index contributed by atoms with van der Waals surface area (Å²) in [7, 11) is -4.17. The molecule has 0 fully saturated rings. The number of rotatable bonds is 5. The van der Waals surface area contributed by atoms with Crippen molar-refractivity contribution in [3.05, 3.63) is 33.3 Å². The van der Waals surface area contributed by atoms with Gasteiger partial charge in [0.05, 0.1) is 9.82 Å². The molecule has 104 valence electrons. The van der Waals surface area contributed by atoms with Crippen molar-refractivity contribution in [3.8, 4) is 0 Å². The van der Waals surface area contributed by atoms with Crippen LogP contribution in [0.15, 0.2) is 23.1 Å². The number of carboxylic acids is 1. The molecule has 1 aromatic rings. The Labute approximate surface area is 113 Å². The van der Waals surface area contributed by atoms with Crippen molar-refractivity contribution in [3.63, 3.8) is 0 Å². The van der Waals surface area contributed by atoms with Crippen molar-refractivity contribution in [2.75, 3.05) is 0 Å². The lowest BCUT2D eigenvalue weighted by atomic mass is 10.3. The number of nitro benzene ring substituents is 1. The maximum atomic E-state index is 11.8. The van der Waals surface area contributed by atoms with E-state index in [0.717, 1.165) is 25.1 Å². The Balaban J connectivity index is 3.19. The van der Waals surface area contributed by atoms with E-state index in [1.165, 1.54) is 0 Å². The zero-order chi connectivity index (χ0) is 14.8. The molecule has 0 aliphatic carbocycles. The van der Waals surface area contributed by atoms with Crippen LogP contribution in [0, 0.1) is 10.1 Å². The predicted octanol–water partition coefficient (Wildman–Crippen LogP) is 1.000. The second-order valence-electron chi connectivity index (χ2n) is 3.55. The monoisotopic (exact) mass is 308 g/mol. The van der Waals surface area contributed by atoms with Crippen LogP contribution in [0.3, 0.4) is 0 Å². The highest BCUT2D eigenvalue weighted by Gasteiger charge is 2.24. The van der Waals surface area contributed by atoms with E-state index in [2.05, 4.69) is 0 Å². The topological polar surface area (TPSA) is 127 Å². The Morgan fingerprint density at radius 1 is 1.53 bits per heavy atom. The summed E-state index contributed by atoms with van der Waals surface area (Å²) in [5, 5.41) is 19.1. The summed E-state index contributed by atoms with van der Waals surface area (Å²) < 4.78 is 25.5. The molecule has 1 aromatic carbocycles. The smallest absolute Gasteiger partial charge is 0.321 e. The molecule has 8 nitrogen and oxygen atoms in total. The van der Waals surface area contributed by atoms with Gasteiger partial charge >= 0.3 is 5.97 Å². The molecular formula is C9H9ClN2O6S. The number of nitrogens with zero attached hydrogens (tertiary/aromatic N) is 1. The zero-order valence-corrected chi connectivity index (χ0v) is 11.1. The normalized spacial score (nSPS) is 12.9. The van der Waals surface area contributed by atoms with Gasteiger partial charge in [0.25, 0.3) is 5.69 Å². The molecule has 0 aliphatic rings. The van der Waals surface area contributed by atoms with Crippen molar-refractivity contribution >= 4 is 33.3 Å². The Hall–Kier alpha value is -1.71. The molecule has 19 heavy (non-hydrogen) atoms. The minimum Gasteiger partial charge on any atom is -0.480 e. The van der Waals surface area contributed by atoms with Gasteiger partial charge in [-0.2, -0.15) is 4.72 Å². The highest BCUT2D eigenvalue weighted by atomic mass is 35.5. The minimum atomic E-state index is -4.17. The zero-order valence-electron chi connectivity index (χ0n) is 9.53. The third-order valence-electron chi connectivity index (χ3n) is 2.13. The molecule has 0 radical (unpaired) electrons. The molecule has 0 saturated heterocycles. The third kappa shape index (κ3) is 3.63. The Morgan fingerprint density at radius 3 is 2.58 bits per heavy atom. The van der Waals surface area contributed by atoms with Crippen LogP contribution in [0.2, 0.25) is 5.02 Å². The third-order valence-corrected chi connectivity index (χ3v) is 3.98. The summed E-state index contributed by atoms with van der Waals surface area (Å²) in [4.78, 5) is 20.0. The Kier molecular flexibility index (Phi) is 4.45. The van der Waals surface area contributed by atoms with E-state index in [9.17, 15) is 23.3 Å². The predicted molar refractivity (Wildman–Crippen MR) is 65.5 cm³/mol. The molecule has 1 rings (SSSR count). The van der Waals surface area contributed by atoms with E-state index in [1.54, 1.807) is 0 Å². The van der Waals surface area contributed by atoms with Crippen molar-refractivity contribution in [1.82, 2.24) is 4.72 Å². The van der Waals surface area contributed by atoms with Gasteiger partial charge in [-0.3, -0.25) is 14.9 Å². The van der Waals surface area contributed by atoms with Crippen molar-refractivity contribution in [1.29, 1.82) is 0 Å². The number of benzene rings is 1. The van der Waals surface area contributed by atoms with Gasteiger partial charge in [0, 0.05) is 6.07 Å². The van der Waals surface area contributed by atoms with Gasteiger partial charge in [-0.25, -0.2) is 8.42 Å². The van der Waals surface area contributed by atoms with E-state index in [0.29, 0.717) is 0 Å². The van der Waals surface area contributed by atoms with Crippen LogP contribution in [-0.4, -0.2) is 30.5 Å². The number of hydrogen-bond acceptors (Lipinski definition) is 5. The molecule has 0 aliphatic heterocycles. The average molecular weight is 309 g/mol. The molecule has 0 saturated carbocycles. The van der Waals surface area contributed by atoms with E-state index in [1.807, 2.05) is 4.72 Å². The molecule has 1 atom stereocenters. The van der Waals surface area contributed by atoms with Crippen LogP contribution in [-0.2, 0) is 14.8 Å². The van der Waals surface area contributed by atoms with Crippen LogP contribution >= 0.6 is 11.6 Å². The second kappa shape index (κ2) is 5.51. The van der Waals surface area contributed by atoms with E-state index in [4.69, 9.17) is 16.7 Å². The first kappa shape index (κ1) is 15.3. The maximum Gasteiger partial charge on any atom is 0.321 e. The molecule has 10 heteroatoms. The first-order valence-electron chi connectivity index (χ1n) is 4.84. The van der Waals surface area contributed by atoms with Crippen LogP contribution in [0.4, 0.5) is 5.69 Å². The summed E-state index contributed by atoms with van der Waals surface area (Å²) >= 11 is 5.55. The number of aliphatic carboxylic acids is 1. The van der Waals surface area contributed by atoms with Gasteiger partial charge in [-0.05, 0) is 19.1 Å². The fourth-order valence-corrected chi connectivity index (χ4v) is 2.55. The first-order chi connectivity index (χ1) is 8.65. The van der Waals surface area contributed by atoms with E-state index < -0.39 is 37.5 Å². The lowest BCUT2D eigenvalue weighted by Crippen LogP contribution is -2.38. The quantitative estimate of drug-likeness (QED) is 0.617. The summed E-state index contributed by atoms with van der Waals surface area (Å²) in [5.74, 6) is -1.37. The molecule has 0 bridgehead atoms. The Morgan fingerprint density at radius 2 is 2.11 bits per heavy atom. The van der Waals surface area contributed by atoms with Crippen LogP contribution in [0.25, 0.3) is 0 Å². The van der Waals surface area contributed by atoms with Crippen molar-refractivity contribution in [2.24, 2.45) is 0 Å². The van der Waals surface area contributed by atoms with Crippen LogP contribution < -0.4 is 4.72 Å². The molecule has 0 amide bonds. The number of halogens is 1. The van der Waals surface area contributed by atoms with Gasteiger partial charge in [0.15, 0.2) is 0 Å². The molecule has 2 N–H and O–H groups in total. The lowest BCUT2D eigenvalue weighted by molar-refractivity contribution is -0.384. The summed E-state index contributed by atoms with van der Waals surface area (Å²) in [5.41, 5.74) is -0.576. The number of carbonyl (C=O) groups is 1. The average Bonchev–Trinajstić information content (AvgIpc) is 2.27. The highest BCUT2D eigenvalue weighted by Crippen LogP contribution is 2.27. The van der Waals surface area contributed by atoms with E-state index >= 15 is 0 Å². The van der Waals surface area contributed by atoms with E-state index in [-0.39, 0.29) is 5.02 Å². The van der Waals surface area contributed by atoms with Crippen LogP contribution in [0.1, 0.15) is 6.92 Å². The molecule has 0 spiro atoms. The fraction of sp³-hybridized carbons (Fsp3) is 0.222. The summed E-state index contributed by atoms with van der Waals surface area (Å²) in [6, 6.07) is 1.50. The second-order valence-corrected chi connectivity index (χ2v) is 5.67. The standard InChI is InChI=1S/C9H9ClN2O6S/c1-5(9(13)14)11-19(17,18)6-2-3-7(10)8(4-6)12(15)16/h2-5,11H,1H3,(H,13,14)/t5-/m1/s1. The van der Waals surface area contributed by atoms with Gasteiger partial charge in [-0.15, -0.1) is 0 Å². The molecule has 0 aromatic heterocycles. The lowest BCUT2D eigenvalue weighted by Gasteiger charge is -2.10. The van der Waals surface area contributed by atoms with Gasteiger partial charge in [0.1, 0.15) is 11.1 Å². The fourth-order valence-electron chi connectivity index (χ4n) is 1.15. The minimum absolute atomic E-state index is 0.213. The van der Waals surface area contributed by atoms with Crippen molar-refractivity contribution < 1.29 is 23.2 Å². The molecule has 0 unspecified atom stereocenters. The number of nitrogens with one attached hydrogen (secondary N) is 1. The van der Waals surface area contributed by atoms with Gasteiger partial charge < -0.3 is 5.11 Å². The summed E-state index contributed by atoms with van der Waals surface area (Å²) in [6.07, 6.45) is 0. The number of hydrogen-bond donors (Lipinski definition) is 2. The summed E-state index contributed by atoms with van der Waals surface area (Å²) in [6.45, 7) is 1.13. The van der Waals surface area contributed by atoms with Gasteiger partial charge in [0.2, 0.25) is 10.0 Å². The number of nitro groups is 1. The number of sulfonamides is 1. The molecular weight excluding hydrogens is 300 g/mol. The number of carboxylic acid groups (broad SMARTS) is 1. The molecule has 0 heterocycles. The maximum absolute atomic E-state index is 11.8. The SMILES string of the molecule is C[C@@H](NS(=O)(=O)c1ccc(Cl)c([N+](=O)[O-])c1)C(=O)O. The van der Waals surface area contributed by atoms with Crippen molar-refractivity contribution in [2.45, 2.75) is 17.9 Å². The largest absolute Gasteiger partial charge is 0.480 e.